The molecule has 0 fully saturated rings. The lowest BCUT2D eigenvalue weighted by Gasteiger charge is -2.18. The topological polar surface area (TPSA) is 43.8 Å². The number of benzene rings is 1. The first-order chi connectivity index (χ1) is 8.27. The van der Waals surface area contributed by atoms with E-state index in [4.69, 9.17) is 5.73 Å². The quantitative estimate of drug-likeness (QED) is 0.846. The molecule has 0 aliphatic carbocycles. The molecule has 18 heavy (non-hydrogen) atoms. The molecular formula is C13H15F2N3. The summed E-state index contributed by atoms with van der Waals surface area (Å²) in [6.07, 6.45) is 1.66. The molecule has 0 saturated heterocycles. The average molecular weight is 251 g/mol. The predicted molar refractivity (Wildman–Crippen MR) is 67.0 cm³/mol. The zero-order chi connectivity index (χ0) is 13.5. The molecule has 0 spiro atoms. The fourth-order valence-electron chi connectivity index (χ4n) is 1.65. The van der Waals surface area contributed by atoms with Crippen molar-refractivity contribution in [1.82, 2.24) is 9.78 Å². The first-order valence-electron chi connectivity index (χ1n) is 5.59. The summed E-state index contributed by atoms with van der Waals surface area (Å²) in [7, 11) is 0. The summed E-state index contributed by atoms with van der Waals surface area (Å²) < 4.78 is 28.0. The Balaban J connectivity index is 2.54. The van der Waals surface area contributed by atoms with Crippen molar-refractivity contribution in [2.24, 2.45) is 0 Å². The zero-order valence-electron chi connectivity index (χ0n) is 10.5. The molecule has 1 aromatic carbocycles. The summed E-state index contributed by atoms with van der Waals surface area (Å²) in [5.41, 5.74) is 6.73. The molecule has 96 valence electrons. The number of halogens is 2. The van der Waals surface area contributed by atoms with E-state index in [1.165, 1.54) is 12.1 Å². The number of nitrogens with zero attached hydrogens (tertiary/aromatic N) is 2. The highest BCUT2D eigenvalue weighted by molar-refractivity contribution is 5.72. The minimum Gasteiger partial charge on any atom is -0.396 e. The fraction of sp³-hybridized carbons (Fsp3) is 0.308. The lowest BCUT2D eigenvalue weighted by Crippen LogP contribution is -2.22. The molecule has 0 unspecified atom stereocenters. The highest BCUT2D eigenvalue weighted by Gasteiger charge is 2.18. The Kier molecular flexibility index (Phi) is 2.84. The van der Waals surface area contributed by atoms with Crippen LogP contribution in [0.5, 0.6) is 0 Å². The van der Waals surface area contributed by atoms with Gasteiger partial charge in [0.2, 0.25) is 0 Å². The maximum atomic E-state index is 13.2. The molecule has 0 saturated carbocycles. The van der Waals surface area contributed by atoms with Gasteiger partial charge in [-0.15, -0.1) is 0 Å². The normalized spacial score (nSPS) is 11.8. The van der Waals surface area contributed by atoms with Crippen LogP contribution < -0.4 is 5.73 Å². The Hall–Kier alpha value is -1.91. The Morgan fingerprint density at radius 3 is 2.11 bits per heavy atom. The molecule has 0 radical (unpaired) electrons. The van der Waals surface area contributed by atoms with Crippen LogP contribution in [0.1, 0.15) is 20.8 Å². The van der Waals surface area contributed by atoms with Crippen LogP contribution in [0.4, 0.5) is 14.5 Å². The first-order valence-corrected chi connectivity index (χ1v) is 5.59. The largest absolute Gasteiger partial charge is 0.396 e. The highest BCUT2D eigenvalue weighted by atomic mass is 19.1. The maximum Gasteiger partial charge on any atom is 0.126 e. The van der Waals surface area contributed by atoms with E-state index >= 15 is 0 Å². The predicted octanol–water partition coefficient (Wildman–Crippen LogP) is 3.17. The molecule has 0 amide bonds. The molecule has 0 aliphatic heterocycles. The number of nitrogen functional groups attached to an aromatic ring is 1. The van der Waals surface area contributed by atoms with Crippen LogP contribution >= 0.6 is 0 Å². The van der Waals surface area contributed by atoms with E-state index in [0.29, 0.717) is 16.9 Å². The molecule has 3 nitrogen and oxygen atoms in total. The van der Waals surface area contributed by atoms with Crippen LogP contribution in [0.25, 0.3) is 11.3 Å². The van der Waals surface area contributed by atoms with Crippen LogP contribution in [-0.4, -0.2) is 9.78 Å². The van der Waals surface area contributed by atoms with Crippen LogP contribution in [0.15, 0.2) is 24.4 Å². The summed E-state index contributed by atoms with van der Waals surface area (Å²) in [6.45, 7) is 5.90. The Bertz CT molecular complexity index is 562. The second kappa shape index (κ2) is 4.08. The number of aromatic nitrogens is 2. The number of hydrogen-bond acceptors (Lipinski definition) is 2. The molecule has 2 rings (SSSR count). The molecule has 0 aliphatic rings. The van der Waals surface area contributed by atoms with Crippen molar-refractivity contribution in [3.63, 3.8) is 0 Å². The van der Waals surface area contributed by atoms with Crippen molar-refractivity contribution < 1.29 is 8.78 Å². The summed E-state index contributed by atoms with van der Waals surface area (Å²) in [5.74, 6) is -1.29. The van der Waals surface area contributed by atoms with Gasteiger partial charge in [0.15, 0.2) is 0 Å². The van der Waals surface area contributed by atoms with Gasteiger partial charge >= 0.3 is 0 Å². The van der Waals surface area contributed by atoms with Gasteiger partial charge in [-0.05, 0) is 32.9 Å². The van der Waals surface area contributed by atoms with Gasteiger partial charge in [-0.2, -0.15) is 5.10 Å². The van der Waals surface area contributed by atoms with Crippen molar-refractivity contribution in [2.45, 2.75) is 26.3 Å². The van der Waals surface area contributed by atoms with E-state index in [-0.39, 0.29) is 5.54 Å². The summed E-state index contributed by atoms with van der Waals surface area (Å²) in [4.78, 5) is 0. The maximum absolute atomic E-state index is 13.2. The van der Waals surface area contributed by atoms with E-state index in [1.54, 1.807) is 10.9 Å². The van der Waals surface area contributed by atoms with E-state index < -0.39 is 11.6 Å². The fourth-order valence-corrected chi connectivity index (χ4v) is 1.65. The number of anilines is 1. The van der Waals surface area contributed by atoms with Gasteiger partial charge < -0.3 is 5.73 Å². The van der Waals surface area contributed by atoms with Crippen LogP contribution in [0, 0.1) is 11.6 Å². The van der Waals surface area contributed by atoms with E-state index in [0.717, 1.165) is 6.07 Å². The average Bonchev–Trinajstić information content (AvgIpc) is 2.58. The number of rotatable bonds is 1. The monoisotopic (exact) mass is 251 g/mol. The van der Waals surface area contributed by atoms with Crippen molar-refractivity contribution >= 4 is 5.69 Å². The van der Waals surface area contributed by atoms with Crippen LogP contribution in [0.2, 0.25) is 0 Å². The molecule has 0 bridgehead atoms. The number of hydrogen-bond donors (Lipinski definition) is 1. The van der Waals surface area contributed by atoms with Crippen molar-refractivity contribution in [2.75, 3.05) is 5.73 Å². The van der Waals surface area contributed by atoms with Crippen molar-refractivity contribution in [1.29, 1.82) is 0 Å². The van der Waals surface area contributed by atoms with E-state index in [2.05, 4.69) is 5.10 Å². The van der Waals surface area contributed by atoms with Crippen molar-refractivity contribution in [3.8, 4) is 11.3 Å². The van der Waals surface area contributed by atoms with Gasteiger partial charge in [0.1, 0.15) is 17.3 Å². The van der Waals surface area contributed by atoms with Gasteiger partial charge in [-0.1, -0.05) is 0 Å². The minimum absolute atomic E-state index is 0.238. The molecule has 1 heterocycles. The Labute approximate surface area is 104 Å². The lowest BCUT2D eigenvalue weighted by molar-refractivity contribution is 0.356. The Morgan fingerprint density at radius 2 is 1.67 bits per heavy atom. The molecule has 1 aromatic heterocycles. The van der Waals surface area contributed by atoms with Gasteiger partial charge in [-0.25, -0.2) is 8.78 Å². The molecule has 2 aromatic rings. The molecule has 0 atom stereocenters. The number of nitrogens with two attached hydrogens (primary N) is 1. The lowest BCUT2D eigenvalue weighted by atomic mass is 10.1. The van der Waals surface area contributed by atoms with E-state index in [1.807, 2.05) is 20.8 Å². The summed E-state index contributed by atoms with van der Waals surface area (Å²) >= 11 is 0. The first kappa shape index (κ1) is 12.5. The second-order valence-corrected chi connectivity index (χ2v) is 5.21. The second-order valence-electron chi connectivity index (χ2n) is 5.21. The standard InChI is InChI=1S/C13H15F2N3/c1-13(2,3)18-7-11(16)12(17-18)8-4-9(14)6-10(15)5-8/h4-7H,16H2,1-3H3. The summed E-state index contributed by atoms with van der Waals surface area (Å²) in [6, 6.07) is 3.25. The highest BCUT2D eigenvalue weighted by Crippen LogP contribution is 2.27. The third-order valence-corrected chi connectivity index (χ3v) is 2.57. The van der Waals surface area contributed by atoms with Gasteiger partial charge in [-0.3, -0.25) is 4.68 Å². The zero-order valence-corrected chi connectivity index (χ0v) is 10.5. The van der Waals surface area contributed by atoms with Crippen LogP contribution in [0.3, 0.4) is 0 Å². The smallest absolute Gasteiger partial charge is 0.126 e. The Morgan fingerprint density at radius 1 is 1.11 bits per heavy atom. The van der Waals surface area contributed by atoms with Gasteiger partial charge in [0.05, 0.1) is 11.2 Å². The molecular weight excluding hydrogens is 236 g/mol. The van der Waals surface area contributed by atoms with Crippen LogP contribution in [-0.2, 0) is 5.54 Å². The van der Waals surface area contributed by atoms with Gasteiger partial charge in [0.25, 0.3) is 0 Å². The third-order valence-electron chi connectivity index (χ3n) is 2.57. The molecule has 2 N–H and O–H groups in total. The minimum atomic E-state index is -0.644. The molecule has 5 heteroatoms. The SMILES string of the molecule is CC(C)(C)n1cc(N)c(-c2cc(F)cc(F)c2)n1. The summed E-state index contributed by atoms with van der Waals surface area (Å²) in [5, 5.41) is 4.29. The third kappa shape index (κ3) is 2.34. The van der Waals surface area contributed by atoms with Gasteiger partial charge in [0, 0.05) is 17.8 Å². The van der Waals surface area contributed by atoms with Crippen molar-refractivity contribution in [3.05, 3.63) is 36.0 Å². The van der Waals surface area contributed by atoms with E-state index in [9.17, 15) is 8.78 Å².